The predicted octanol–water partition coefficient (Wildman–Crippen LogP) is 3.17. The fraction of sp³-hybridized carbons (Fsp3) is 0.312. The van der Waals surface area contributed by atoms with Crippen LogP contribution in [0.3, 0.4) is 0 Å². The fourth-order valence-electron chi connectivity index (χ4n) is 2.43. The van der Waals surface area contributed by atoms with Gasteiger partial charge in [-0.1, -0.05) is 18.2 Å². The Morgan fingerprint density at radius 3 is 3.09 bits per heavy atom. The molecule has 1 N–H and O–H groups in total. The Labute approximate surface area is 132 Å². The third kappa shape index (κ3) is 3.64. The molecule has 2 amide bonds. The summed E-state index contributed by atoms with van der Waals surface area (Å²) in [4.78, 5) is 15.1. The molecular formula is C16H17FN2O2S. The van der Waals surface area contributed by atoms with Gasteiger partial charge >= 0.3 is 6.03 Å². The van der Waals surface area contributed by atoms with E-state index in [2.05, 4.69) is 5.32 Å². The number of carbonyl (C=O) groups excluding carboxylic acids is 1. The molecule has 0 bridgehead atoms. The number of amides is 2. The summed E-state index contributed by atoms with van der Waals surface area (Å²) in [6, 6.07) is 10.2. The SMILES string of the molecule is O=C(NCc1cccs1)N1CCO[C@H](c2cccc(F)c2)C1. The Kier molecular flexibility index (Phi) is 4.70. The third-order valence-electron chi connectivity index (χ3n) is 3.57. The Bertz CT molecular complexity index is 633. The van der Waals surface area contributed by atoms with Gasteiger partial charge < -0.3 is 15.0 Å². The van der Waals surface area contributed by atoms with E-state index in [0.29, 0.717) is 26.2 Å². The zero-order chi connectivity index (χ0) is 15.4. The maximum Gasteiger partial charge on any atom is 0.317 e. The van der Waals surface area contributed by atoms with Gasteiger partial charge in [-0.05, 0) is 29.1 Å². The van der Waals surface area contributed by atoms with Crippen molar-refractivity contribution in [2.45, 2.75) is 12.6 Å². The topological polar surface area (TPSA) is 41.6 Å². The zero-order valence-electron chi connectivity index (χ0n) is 12.0. The molecule has 2 heterocycles. The van der Waals surface area contributed by atoms with E-state index in [-0.39, 0.29) is 18.0 Å². The van der Waals surface area contributed by atoms with Crippen LogP contribution in [0.5, 0.6) is 0 Å². The minimum Gasteiger partial charge on any atom is -0.370 e. The highest BCUT2D eigenvalue weighted by Crippen LogP contribution is 2.22. The normalized spacial score (nSPS) is 18.2. The number of hydrogen-bond donors (Lipinski definition) is 1. The molecule has 3 rings (SSSR count). The van der Waals surface area contributed by atoms with Gasteiger partial charge in [0.05, 0.1) is 19.7 Å². The summed E-state index contributed by atoms with van der Waals surface area (Å²) in [5.74, 6) is -0.291. The van der Waals surface area contributed by atoms with Crippen molar-refractivity contribution >= 4 is 17.4 Å². The number of rotatable bonds is 3. The maximum atomic E-state index is 13.3. The number of ether oxygens (including phenoxy) is 1. The summed E-state index contributed by atoms with van der Waals surface area (Å²) in [6.07, 6.45) is -0.281. The molecule has 4 nitrogen and oxygen atoms in total. The van der Waals surface area contributed by atoms with E-state index in [4.69, 9.17) is 4.74 Å². The van der Waals surface area contributed by atoms with Gasteiger partial charge in [0.25, 0.3) is 0 Å². The molecule has 2 aromatic rings. The number of morpholine rings is 1. The Morgan fingerprint density at radius 1 is 1.41 bits per heavy atom. The van der Waals surface area contributed by atoms with E-state index in [9.17, 15) is 9.18 Å². The summed E-state index contributed by atoms with van der Waals surface area (Å²) in [5.41, 5.74) is 0.760. The Morgan fingerprint density at radius 2 is 2.32 bits per heavy atom. The van der Waals surface area contributed by atoms with Crippen molar-refractivity contribution < 1.29 is 13.9 Å². The van der Waals surface area contributed by atoms with Crippen LogP contribution in [0.1, 0.15) is 16.5 Å². The van der Waals surface area contributed by atoms with Crippen molar-refractivity contribution in [1.82, 2.24) is 10.2 Å². The molecule has 0 radical (unpaired) electrons. The lowest BCUT2D eigenvalue weighted by Crippen LogP contribution is -2.46. The van der Waals surface area contributed by atoms with Crippen molar-refractivity contribution in [2.75, 3.05) is 19.7 Å². The standard InChI is InChI=1S/C16H17FN2O2S/c17-13-4-1-3-12(9-13)15-11-19(6-7-21-15)16(20)18-10-14-5-2-8-22-14/h1-5,8-9,15H,6-7,10-11H2,(H,18,20)/t15-/m0/s1. The van der Waals surface area contributed by atoms with Gasteiger partial charge in [-0.25, -0.2) is 9.18 Å². The van der Waals surface area contributed by atoms with E-state index in [0.717, 1.165) is 10.4 Å². The van der Waals surface area contributed by atoms with Gasteiger partial charge in [0.15, 0.2) is 0 Å². The van der Waals surface area contributed by atoms with Crippen LogP contribution in [0.25, 0.3) is 0 Å². The summed E-state index contributed by atoms with van der Waals surface area (Å²) < 4.78 is 19.0. The van der Waals surface area contributed by atoms with Gasteiger partial charge in [-0.2, -0.15) is 0 Å². The number of thiophene rings is 1. The van der Waals surface area contributed by atoms with Crippen LogP contribution < -0.4 is 5.32 Å². The van der Waals surface area contributed by atoms with Gasteiger partial charge in [0.1, 0.15) is 11.9 Å². The second-order valence-corrected chi connectivity index (χ2v) is 6.13. The van der Waals surface area contributed by atoms with Crippen LogP contribution in [0.2, 0.25) is 0 Å². The van der Waals surface area contributed by atoms with Crippen molar-refractivity contribution in [3.05, 3.63) is 58.0 Å². The first-order valence-corrected chi connectivity index (χ1v) is 8.02. The molecule has 1 saturated heterocycles. The quantitative estimate of drug-likeness (QED) is 0.944. The summed E-state index contributed by atoms with van der Waals surface area (Å²) in [5, 5.41) is 4.89. The predicted molar refractivity (Wildman–Crippen MR) is 83.2 cm³/mol. The lowest BCUT2D eigenvalue weighted by atomic mass is 10.1. The van der Waals surface area contributed by atoms with Crippen molar-refractivity contribution in [3.8, 4) is 0 Å². The van der Waals surface area contributed by atoms with Gasteiger partial charge in [0.2, 0.25) is 0 Å². The Hall–Kier alpha value is -1.92. The molecule has 1 aliphatic heterocycles. The minimum absolute atomic E-state index is 0.113. The van der Waals surface area contributed by atoms with Crippen LogP contribution in [0, 0.1) is 5.82 Å². The molecular weight excluding hydrogens is 303 g/mol. The highest BCUT2D eigenvalue weighted by molar-refractivity contribution is 7.09. The number of urea groups is 1. The number of hydrogen-bond acceptors (Lipinski definition) is 3. The molecule has 1 aromatic heterocycles. The summed E-state index contributed by atoms with van der Waals surface area (Å²) in [7, 11) is 0. The van der Waals surface area contributed by atoms with Crippen molar-refractivity contribution in [2.24, 2.45) is 0 Å². The largest absolute Gasteiger partial charge is 0.370 e. The van der Waals surface area contributed by atoms with E-state index in [1.54, 1.807) is 22.3 Å². The zero-order valence-corrected chi connectivity index (χ0v) is 12.8. The van der Waals surface area contributed by atoms with Crippen LogP contribution in [0.15, 0.2) is 41.8 Å². The maximum absolute atomic E-state index is 13.3. The van der Waals surface area contributed by atoms with Crippen molar-refractivity contribution in [3.63, 3.8) is 0 Å². The second-order valence-electron chi connectivity index (χ2n) is 5.10. The first kappa shape index (κ1) is 15.0. The highest BCUT2D eigenvalue weighted by atomic mass is 32.1. The molecule has 0 spiro atoms. The molecule has 1 aliphatic rings. The van der Waals surface area contributed by atoms with Gasteiger partial charge in [0, 0.05) is 11.4 Å². The number of nitrogens with zero attached hydrogens (tertiary/aromatic N) is 1. The van der Waals surface area contributed by atoms with Gasteiger partial charge in [-0.3, -0.25) is 0 Å². The molecule has 6 heteroatoms. The summed E-state index contributed by atoms with van der Waals surface area (Å²) in [6.45, 7) is 1.95. The first-order valence-electron chi connectivity index (χ1n) is 7.14. The molecule has 22 heavy (non-hydrogen) atoms. The number of carbonyl (C=O) groups is 1. The van der Waals surface area contributed by atoms with E-state index >= 15 is 0 Å². The number of nitrogens with one attached hydrogen (secondary N) is 1. The highest BCUT2D eigenvalue weighted by Gasteiger charge is 2.25. The first-order chi connectivity index (χ1) is 10.7. The molecule has 1 atom stereocenters. The molecule has 0 saturated carbocycles. The smallest absolute Gasteiger partial charge is 0.317 e. The van der Waals surface area contributed by atoms with Crippen LogP contribution in [-0.2, 0) is 11.3 Å². The Balaban J connectivity index is 1.59. The van der Waals surface area contributed by atoms with Crippen molar-refractivity contribution in [1.29, 1.82) is 0 Å². The van der Waals surface area contributed by atoms with E-state index < -0.39 is 0 Å². The average molecular weight is 320 g/mol. The molecule has 0 unspecified atom stereocenters. The molecule has 0 aliphatic carbocycles. The molecule has 116 valence electrons. The fourth-order valence-corrected chi connectivity index (χ4v) is 3.07. The number of halogens is 1. The molecule has 1 aromatic carbocycles. The lowest BCUT2D eigenvalue weighted by molar-refractivity contribution is -0.0156. The third-order valence-corrected chi connectivity index (χ3v) is 4.44. The lowest BCUT2D eigenvalue weighted by Gasteiger charge is -2.33. The summed E-state index contributed by atoms with van der Waals surface area (Å²) >= 11 is 1.61. The van der Waals surface area contributed by atoms with Gasteiger partial charge in [-0.15, -0.1) is 11.3 Å². The number of benzene rings is 1. The second kappa shape index (κ2) is 6.89. The monoisotopic (exact) mass is 320 g/mol. The van der Waals surface area contributed by atoms with E-state index in [1.165, 1.54) is 12.1 Å². The average Bonchev–Trinajstić information content (AvgIpc) is 3.06. The van der Waals surface area contributed by atoms with Crippen LogP contribution >= 0.6 is 11.3 Å². The molecule has 1 fully saturated rings. The van der Waals surface area contributed by atoms with Crippen LogP contribution in [-0.4, -0.2) is 30.6 Å². The van der Waals surface area contributed by atoms with Crippen LogP contribution in [0.4, 0.5) is 9.18 Å². The van der Waals surface area contributed by atoms with E-state index in [1.807, 2.05) is 23.6 Å². The minimum atomic E-state index is -0.291.